The summed E-state index contributed by atoms with van der Waals surface area (Å²) in [4.78, 5) is 50.9. The van der Waals surface area contributed by atoms with Crippen LogP contribution in [0, 0.1) is 0 Å². The molecule has 0 saturated carbocycles. The van der Waals surface area contributed by atoms with Crippen LogP contribution in [0.2, 0.25) is 0 Å². The van der Waals surface area contributed by atoms with Crippen LogP contribution in [0.4, 0.5) is 5.69 Å². The van der Waals surface area contributed by atoms with Gasteiger partial charge in [0.25, 0.3) is 11.8 Å². The fourth-order valence-corrected chi connectivity index (χ4v) is 4.83. The summed E-state index contributed by atoms with van der Waals surface area (Å²) in [5, 5.41) is 15.5. The van der Waals surface area contributed by atoms with E-state index >= 15 is 0 Å². The normalized spacial score (nSPS) is 11.0. The number of aromatic carboxylic acids is 1. The molecule has 4 aromatic heterocycles. The van der Waals surface area contributed by atoms with Gasteiger partial charge < -0.3 is 30.2 Å². The van der Waals surface area contributed by atoms with Crippen LogP contribution in [0.3, 0.4) is 0 Å². The molecule has 0 bridgehead atoms. The standard InChI is InChI=1S/C27H28N4O4.C7H5N3O2/c1-27(2,16-30-26(33)21-14-29-22-15-28-12-11-20(21)22)18-6-8-19(9-7-18)31-25(32)17-5-10-23(34-3)24(13-17)35-4;11-6(12)5-4-9-7-8-2-1-3-10(5)7/h5-15,29H,16H2,1-4H3,(H,30,33)(H,31,32);1-4H,(H,11,12). The van der Waals surface area contributed by atoms with Gasteiger partial charge in [-0.3, -0.25) is 19.0 Å². The number of rotatable bonds is 9. The first-order chi connectivity index (χ1) is 22.6. The number of ether oxygens (including phenoxy) is 2. The molecule has 4 heterocycles. The third-order valence-electron chi connectivity index (χ3n) is 7.50. The van der Waals surface area contributed by atoms with E-state index in [1.54, 1.807) is 62.4 Å². The molecule has 0 radical (unpaired) electrons. The first kappa shape index (κ1) is 32.2. The highest BCUT2D eigenvalue weighted by Crippen LogP contribution is 2.28. The molecule has 6 rings (SSSR count). The Balaban J connectivity index is 0.000000301. The van der Waals surface area contributed by atoms with Gasteiger partial charge in [-0.15, -0.1) is 0 Å². The molecule has 47 heavy (non-hydrogen) atoms. The molecular weight excluding hydrogens is 602 g/mol. The van der Waals surface area contributed by atoms with E-state index in [0.29, 0.717) is 40.6 Å². The highest BCUT2D eigenvalue weighted by molar-refractivity contribution is 6.06. The molecular formula is C34H33N7O6. The number of benzene rings is 2. The number of nitrogens with zero attached hydrogens (tertiary/aromatic N) is 4. The molecule has 13 nitrogen and oxygen atoms in total. The number of aromatic amines is 1. The van der Waals surface area contributed by atoms with Gasteiger partial charge in [-0.05, 0) is 48.0 Å². The summed E-state index contributed by atoms with van der Waals surface area (Å²) in [6, 6.07) is 16.1. The third kappa shape index (κ3) is 7.20. The minimum Gasteiger partial charge on any atom is -0.493 e. The average molecular weight is 636 g/mol. The maximum absolute atomic E-state index is 12.8. The summed E-state index contributed by atoms with van der Waals surface area (Å²) >= 11 is 0. The number of carbonyl (C=O) groups excluding carboxylic acids is 2. The molecule has 0 aliphatic heterocycles. The topological polar surface area (TPSA) is 173 Å². The van der Waals surface area contributed by atoms with Gasteiger partial charge in [-0.1, -0.05) is 26.0 Å². The van der Waals surface area contributed by atoms with Crippen LogP contribution in [0.5, 0.6) is 11.5 Å². The van der Waals surface area contributed by atoms with Crippen molar-refractivity contribution in [1.29, 1.82) is 0 Å². The molecule has 0 atom stereocenters. The molecule has 240 valence electrons. The van der Waals surface area contributed by atoms with Crippen molar-refractivity contribution in [3.05, 3.63) is 114 Å². The summed E-state index contributed by atoms with van der Waals surface area (Å²) < 4.78 is 11.9. The monoisotopic (exact) mass is 635 g/mol. The van der Waals surface area contributed by atoms with Crippen LogP contribution in [0.15, 0.2) is 91.8 Å². The highest BCUT2D eigenvalue weighted by atomic mass is 16.5. The van der Waals surface area contributed by atoms with Gasteiger partial charge in [0, 0.05) is 53.4 Å². The van der Waals surface area contributed by atoms with E-state index in [4.69, 9.17) is 14.6 Å². The van der Waals surface area contributed by atoms with Gasteiger partial charge in [0.05, 0.1) is 37.7 Å². The van der Waals surface area contributed by atoms with Crippen LogP contribution in [-0.2, 0) is 5.41 Å². The summed E-state index contributed by atoms with van der Waals surface area (Å²) in [6.07, 6.45) is 9.52. The number of hydrogen-bond acceptors (Lipinski definition) is 8. The molecule has 0 unspecified atom stereocenters. The Bertz CT molecular complexity index is 2050. The largest absolute Gasteiger partial charge is 0.493 e. The van der Waals surface area contributed by atoms with Gasteiger partial charge in [0.15, 0.2) is 17.2 Å². The number of carboxylic acid groups (broad SMARTS) is 1. The van der Waals surface area contributed by atoms with Gasteiger partial charge in [-0.25, -0.2) is 14.8 Å². The minimum atomic E-state index is -1.00. The number of pyridine rings is 1. The lowest BCUT2D eigenvalue weighted by Crippen LogP contribution is -2.36. The average Bonchev–Trinajstić information content (AvgIpc) is 3.72. The van der Waals surface area contributed by atoms with E-state index in [9.17, 15) is 14.4 Å². The van der Waals surface area contributed by atoms with E-state index in [0.717, 1.165) is 16.5 Å². The van der Waals surface area contributed by atoms with Crippen molar-refractivity contribution >= 4 is 40.2 Å². The van der Waals surface area contributed by atoms with E-state index in [-0.39, 0.29) is 22.9 Å². The van der Waals surface area contributed by atoms with Crippen LogP contribution < -0.4 is 20.1 Å². The van der Waals surface area contributed by atoms with E-state index in [2.05, 4.69) is 44.4 Å². The van der Waals surface area contributed by atoms with Gasteiger partial charge in [-0.2, -0.15) is 0 Å². The van der Waals surface area contributed by atoms with Crippen LogP contribution >= 0.6 is 0 Å². The molecule has 0 saturated heterocycles. The number of anilines is 1. The smallest absolute Gasteiger partial charge is 0.354 e. The van der Waals surface area contributed by atoms with Crippen molar-refractivity contribution in [2.75, 3.05) is 26.1 Å². The zero-order valence-corrected chi connectivity index (χ0v) is 26.1. The van der Waals surface area contributed by atoms with Gasteiger partial charge in [0.1, 0.15) is 0 Å². The van der Waals surface area contributed by atoms with Crippen molar-refractivity contribution in [3.63, 3.8) is 0 Å². The second kappa shape index (κ2) is 13.8. The number of fused-ring (bicyclic) bond motifs is 2. The van der Waals surface area contributed by atoms with E-state index in [1.165, 1.54) is 17.7 Å². The maximum atomic E-state index is 12.8. The van der Waals surface area contributed by atoms with Crippen molar-refractivity contribution in [2.24, 2.45) is 0 Å². The molecule has 0 spiro atoms. The Labute approximate surface area is 269 Å². The molecule has 2 amide bonds. The van der Waals surface area contributed by atoms with Crippen molar-refractivity contribution in [2.45, 2.75) is 19.3 Å². The maximum Gasteiger partial charge on any atom is 0.354 e. The summed E-state index contributed by atoms with van der Waals surface area (Å²) in [6.45, 7) is 4.56. The number of nitrogens with one attached hydrogen (secondary N) is 3. The number of aromatic nitrogens is 5. The fourth-order valence-electron chi connectivity index (χ4n) is 4.83. The van der Waals surface area contributed by atoms with Crippen LogP contribution in [0.25, 0.3) is 16.7 Å². The minimum absolute atomic E-state index is 0.123. The van der Waals surface area contributed by atoms with Crippen molar-refractivity contribution < 1.29 is 29.0 Å². The van der Waals surface area contributed by atoms with Crippen molar-refractivity contribution in [1.82, 2.24) is 29.7 Å². The lowest BCUT2D eigenvalue weighted by molar-refractivity contribution is 0.0688. The molecule has 0 aliphatic rings. The highest BCUT2D eigenvalue weighted by Gasteiger charge is 2.23. The lowest BCUT2D eigenvalue weighted by Gasteiger charge is -2.26. The van der Waals surface area contributed by atoms with Gasteiger partial charge in [0.2, 0.25) is 5.78 Å². The number of hydrogen-bond donors (Lipinski definition) is 4. The molecule has 13 heteroatoms. The zero-order valence-electron chi connectivity index (χ0n) is 26.1. The quantitative estimate of drug-likeness (QED) is 0.171. The van der Waals surface area contributed by atoms with Crippen LogP contribution in [0.1, 0.15) is 50.6 Å². The van der Waals surface area contributed by atoms with E-state index in [1.807, 2.05) is 30.3 Å². The second-order valence-electron chi connectivity index (χ2n) is 11.0. The SMILES string of the molecule is COc1ccc(C(=O)Nc2ccc(C(C)(C)CNC(=O)c3c[nH]c4cnccc34)cc2)cc1OC.O=C(O)c1cnc2ncccn12. The van der Waals surface area contributed by atoms with Gasteiger partial charge >= 0.3 is 5.97 Å². The fraction of sp³-hybridized carbons (Fsp3) is 0.176. The number of H-pyrrole nitrogens is 1. The Morgan fingerprint density at radius 1 is 0.936 bits per heavy atom. The molecule has 6 aromatic rings. The van der Waals surface area contributed by atoms with Crippen molar-refractivity contribution in [3.8, 4) is 11.5 Å². The van der Waals surface area contributed by atoms with E-state index < -0.39 is 5.97 Å². The predicted molar refractivity (Wildman–Crippen MR) is 175 cm³/mol. The number of methoxy groups -OCH3 is 2. The Morgan fingerprint density at radius 3 is 2.43 bits per heavy atom. The lowest BCUT2D eigenvalue weighted by atomic mass is 9.84. The number of carboxylic acids is 1. The summed E-state index contributed by atoms with van der Waals surface area (Å²) in [5.74, 6) is 0.0481. The Hall–Kier alpha value is -6.24. The Morgan fingerprint density at radius 2 is 1.70 bits per heavy atom. The third-order valence-corrected chi connectivity index (χ3v) is 7.50. The summed E-state index contributed by atoms with van der Waals surface area (Å²) in [5.41, 5.74) is 3.37. The predicted octanol–water partition coefficient (Wildman–Crippen LogP) is 4.97. The molecule has 0 fully saturated rings. The number of imidazole rings is 1. The Kier molecular flexibility index (Phi) is 9.45. The van der Waals surface area contributed by atoms with Crippen LogP contribution in [-0.4, -0.2) is 68.0 Å². The molecule has 2 aromatic carbocycles. The number of carbonyl (C=O) groups is 3. The zero-order chi connectivity index (χ0) is 33.6. The summed E-state index contributed by atoms with van der Waals surface area (Å²) in [7, 11) is 3.08. The number of amides is 2. The second-order valence-corrected chi connectivity index (χ2v) is 11.0. The first-order valence-corrected chi connectivity index (χ1v) is 14.5. The molecule has 4 N–H and O–H groups in total. The molecule has 0 aliphatic carbocycles. The first-order valence-electron chi connectivity index (χ1n) is 14.5.